The van der Waals surface area contributed by atoms with E-state index in [1.807, 2.05) is 12.1 Å². The largest absolute Gasteiger partial charge is 0.498 e. The Bertz CT molecular complexity index is 694. The number of benzene rings is 1. The first-order chi connectivity index (χ1) is 12.2. The number of para-hydroxylation sites is 1. The number of aromatic nitrogens is 1. The molecule has 0 atom stereocenters. The van der Waals surface area contributed by atoms with Crippen molar-refractivity contribution in [2.75, 3.05) is 13.7 Å². The Morgan fingerprint density at radius 1 is 1.08 bits per heavy atom. The summed E-state index contributed by atoms with van der Waals surface area (Å²) in [6.07, 6.45) is 8.74. The summed E-state index contributed by atoms with van der Waals surface area (Å²) < 4.78 is 11.2. The highest BCUT2D eigenvalue weighted by Crippen LogP contribution is 2.31. The minimum Gasteiger partial charge on any atom is -0.498 e. The summed E-state index contributed by atoms with van der Waals surface area (Å²) in [5, 5.41) is 1.05. The minimum atomic E-state index is 0.363. The van der Waals surface area contributed by atoms with Crippen molar-refractivity contribution in [3.05, 3.63) is 47.9 Å². The first-order valence-corrected chi connectivity index (χ1v) is 9.40. The fourth-order valence-corrected chi connectivity index (χ4v) is 3.04. The lowest BCUT2D eigenvalue weighted by Crippen LogP contribution is -2.06. The van der Waals surface area contributed by atoms with Gasteiger partial charge in [-0.25, -0.2) is 0 Å². The van der Waals surface area contributed by atoms with Gasteiger partial charge in [-0.1, -0.05) is 57.7 Å². The van der Waals surface area contributed by atoms with E-state index in [1.165, 1.54) is 38.5 Å². The number of rotatable bonds is 11. The van der Waals surface area contributed by atoms with Gasteiger partial charge in [0.15, 0.2) is 0 Å². The fourth-order valence-electron chi connectivity index (χ4n) is 3.04. The average molecular weight is 341 g/mol. The molecule has 136 valence electrons. The SMILES string of the molecule is C=C(COc1c(C)c(CCCCCCCC)nc2ccccc12)OC. The zero-order chi connectivity index (χ0) is 18.1. The third-order valence-corrected chi connectivity index (χ3v) is 4.61. The second-order valence-electron chi connectivity index (χ2n) is 6.58. The summed E-state index contributed by atoms with van der Waals surface area (Å²) in [7, 11) is 1.62. The second-order valence-corrected chi connectivity index (χ2v) is 6.58. The number of fused-ring (bicyclic) bond motifs is 1. The maximum absolute atomic E-state index is 6.04. The molecule has 0 bridgehead atoms. The van der Waals surface area contributed by atoms with Gasteiger partial charge in [-0.3, -0.25) is 4.98 Å². The molecule has 0 aliphatic heterocycles. The van der Waals surface area contributed by atoms with E-state index in [1.54, 1.807) is 7.11 Å². The van der Waals surface area contributed by atoms with Gasteiger partial charge in [-0.2, -0.15) is 0 Å². The molecule has 1 heterocycles. The molecule has 1 aromatic heterocycles. The lowest BCUT2D eigenvalue weighted by Gasteiger charge is -2.16. The van der Waals surface area contributed by atoms with E-state index < -0.39 is 0 Å². The summed E-state index contributed by atoms with van der Waals surface area (Å²) >= 11 is 0. The molecule has 3 heteroatoms. The zero-order valence-electron chi connectivity index (χ0n) is 15.9. The summed E-state index contributed by atoms with van der Waals surface area (Å²) in [6.45, 7) is 8.57. The smallest absolute Gasteiger partial charge is 0.145 e. The van der Waals surface area contributed by atoms with E-state index in [-0.39, 0.29) is 0 Å². The van der Waals surface area contributed by atoms with Crippen LogP contribution in [0.1, 0.15) is 56.7 Å². The van der Waals surface area contributed by atoms with Crippen LogP contribution < -0.4 is 4.74 Å². The fraction of sp³-hybridized carbons (Fsp3) is 0.500. The van der Waals surface area contributed by atoms with Gasteiger partial charge in [0.2, 0.25) is 0 Å². The molecule has 0 unspecified atom stereocenters. The molecule has 1 aromatic carbocycles. The number of hydrogen-bond donors (Lipinski definition) is 0. The third-order valence-electron chi connectivity index (χ3n) is 4.61. The third kappa shape index (κ3) is 5.48. The van der Waals surface area contributed by atoms with Crippen molar-refractivity contribution < 1.29 is 9.47 Å². The van der Waals surface area contributed by atoms with Crippen LogP contribution in [0.25, 0.3) is 10.9 Å². The summed E-state index contributed by atoms with van der Waals surface area (Å²) in [5.74, 6) is 1.53. The first-order valence-electron chi connectivity index (χ1n) is 9.40. The molecule has 0 spiro atoms. The van der Waals surface area contributed by atoms with Gasteiger partial charge < -0.3 is 9.47 Å². The number of nitrogens with zero attached hydrogens (tertiary/aromatic N) is 1. The number of unbranched alkanes of at least 4 members (excludes halogenated alkanes) is 5. The molecule has 0 fully saturated rings. The molecule has 2 aromatic rings. The van der Waals surface area contributed by atoms with E-state index in [2.05, 4.69) is 32.6 Å². The van der Waals surface area contributed by atoms with Gasteiger partial charge in [-0.15, -0.1) is 0 Å². The predicted molar refractivity (Wildman–Crippen MR) is 105 cm³/mol. The Hall–Kier alpha value is -2.03. The van der Waals surface area contributed by atoms with E-state index in [4.69, 9.17) is 14.5 Å². The highest BCUT2D eigenvalue weighted by Gasteiger charge is 2.13. The maximum Gasteiger partial charge on any atom is 0.145 e. The summed E-state index contributed by atoms with van der Waals surface area (Å²) in [4.78, 5) is 4.88. The summed E-state index contributed by atoms with van der Waals surface area (Å²) in [6, 6.07) is 8.16. The number of methoxy groups -OCH3 is 1. The first kappa shape index (κ1) is 19.3. The van der Waals surface area contributed by atoms with Crippen LogP contribution in [0, 0.1) is 6.92 Å². The van der Waals surface area contributed by atoms with Crippen molar-refractivity contribution in [1.82, 2.24) is 4.98 Å². The molecule has 2 rings (SSSR count). The molecular formula is C22H31NO2. The highest BCUT2D eigenvalue weighted by atomic mass is 16.5. The Morgan fingerprint density at radius 3 is 2.56 bits per heavy atom. The lowest BCUT2D eigenvalue weighted by atomic mass is 10.0. The summed E-state index contributed by atoms with van der Waals surface area (Å²) in [5.41, 5.74) is 3.27. The van der Waals surface area contributed by atoms with Crippen LogP contribution in [0.3, 0.4) is 0 Å². The van der Waals surface area contributed by atoms with Crippen LogP contribution in [0.5, 0.6) is 5.75 Å². The molecule has 0 amide bonds. The highest BCUT2D eigenvalue weighted by molar-refractivity contribution is 5.86. The van der Waals surface area contributed by atoms with E-state index in [0.717, 1.165) is 34.3 Å². The van der Waals surface area contributed by atoms with Crippen molar-refractivity contribution >= 4 is 10.9 Å². The van der Waals surface area contributed by atoms with Crippen LogP contribution in [0.4, 0.5) is 0 Å². The minimum absolute atomic E-state index is 0.363. The van der Waals surface area contributed by atoms with Gasteiger partial charge in [-0.05, 0) is 31.9 Å². The van der Waals surface area contributed by atoms with Crippen molar-refractivity contribution in [3.8, 4) is 5.75 Å². The van der Waals surface area contributed by atoms with Crippen molar-refractivity contribution in [1.29, 1.82) is 0 Å². The van der Waals surface area contributed by atoms with Crippen molar-refractivity contribution in [2.45, 2.75) is 58.8 Å². The molecule has 0 saturated carbocycles. The molecule has 0 aliphatic rings. The zero-order valence-corrected chi connectivity index (χ0v) is 15.9. The van der Waals surface area contributed by atoms with Crippen LogP contribution in [-0.2, 0) is 11.2 Å². The molecule has 0 radical (unpaired) electrons. The van der Waals surface area contributed by atoms with Gasteiger partial charge in [0, 0.05) is 16.6 Å². The molecule has 0 aliphatic carbocycles. The maximum atomic E-state index is 6.04. The van der Waals surface area contributed by atoms with Crippen LogP contribution in [0.2, 0.25) is 0 Å². The molecule has 0 saturated heterocycles. The van der Waals surface area contributed by atoms with Gasteiger partial charge in [0.1, 0.15) is 18.1 Å². The Labute approximate surface area is 152 Å². The van der Waals surface area contributed by atoms with Crippen LogP contribution in [-0.4, -0.2) is 18.7 Å². The van der Waals surface area contributed by atoms with Crippen molar-refractivity contribution in [3.63, 3.8) is 0 Å². The van der Waals surface area contributed by atoms with E-state index >= 15 is 0 Å². The molecule has 25 heavy (non-hydrogen) atoms. The normalized spacial score (nSPS) is 10.8. The lowest BCUT2D eigenvalue weighted by molar-refractivity contribution is 0.221. The predicted octanol–water partition coefficient (Wildman–Crippen LogP) is 5.99. The molecule has 0 N–H and O–H groups in total. The number of ether oxygens (including phenoxy) is 2. The van der Waals surface area contributed by atoms with Gasteiger partial charge >= 0.3 is 0 Å². The van der Waals surface area contributed by atoms with Gasteiger partial charge in [0.05, 0.1) is 12.6 Å². The standard InChI is InChI=1S/C22H31NO2/c1-5-6-7-8-9-10-14-20-18(3)22(25-16-17(2)24-4)19-13-11-12-15-21(19)23-20/h11-13,15H,2,5-10,14,16H2,1,3-4H3. The van der Waals surface area contributed by atoms with E-state index in [0.29, 0.717) is 12.4 Å². The topological polar surface area (TPSA) is 31.4 Å². The average Bonchev–Trinajstić information content (AvgIpc) is 2.64. The molecular weight excluding hydrogens is 310 g/mol. The molecule has 3 nitrogen and oxygen atoms in total. The number of pyridine rings is 1. The Balaban J connectivity index is 2.14. The van der Waals surface area contributed by atoms with E-state index in [9.17, 15) is 0 Å². The van der Waals surface area contributed by atoms with Crippen LogP contribution >= 0.6 is 0 Å². The Kier molecular flexibility index (Phi) is 7.77. The van der Waals surface area contributed by atoms with Crippen molar-refractivity contribution in [2.24, 2.45) is 0 Å². The number of hydrogen-bond acceptors (Lipinski definition) is 3. The van der Waals surface area contributed by atoms with Crippen LogP contribution in [0.15, 0.2) is 36.6 Å². The van der Waals surface area contributed by atoms with Gasteiger partial charge in [0.25, 0.3) is 0 Å². The quantitative estimate of drug-likeness (QED) is 0.372. The Morgan fingerprint density at radius 2 is 1.80 bits per heavy atom. The number of aryl methyl sites for hydroxylation is 1. The monoisotopic (exact) mass is 341 g/mol. The second kappa shape index (κ2) is 10.1.